The number of hydrogen-bond acceptors (Lipinski definition) is 2. The van der Waals surface area contributed by atoms with Crippen LogP contribution >= 0.6 is 27.5 Å². The molecule has 0 bridgehead atoms. The Morgan fingerprint density at radius 2 is 2.33 bits per heavy atom. The third kappa shape index (κ3) is 3.03. The fraction of sp³-hybridized carbons (Fsp3) is 0.333. The summed E-state index contributed by atoms with van der Waals surface area (Å²) >= 11 is 9.30. The van der Waals surface area contributed by atoms with E-state index in [9.17, 15) is 9.59 Å². The molecule has 1 aliphatic rings. The third-order valence-corrected chi connectivity index (χ3v) is 4.09. The van der Waals surface area contributed by atoms with Crippen molar-refractivity contribution in [2.75, 3.05) is 6.54 Å². The molecule has 6 heteroatoms. The Hall–Kier alpha value is -1.07. The van der Waals surface area contributed by atoms with E-state index >= 15 is 0 Å². The van der Waals surface area contributed by atoms with Crippen LogP contribution in [0.3, 0.4) is 0 Å². The number of benzene rings is 1. The molecule has 1 atom stereocenters. The van der Waals surface area contributed by atoms with Crippen LogP contribution in [0.1, 0.15) is 23.2 Å². The van der Waals surface area contributed by atoms with E-state index in [0.717, 1.165) is 6.42 Å². The van der Waals surface area contributed by atoms with Crippen LogP contribution in [0, 0.1) is 0 Å². The van der Waals surface area contributed by atoms with Gasteiger partial charge in [0.05, 0.1) is 10.6 Å². The molecule has 1 saturated heterocycles. The molecule has 96 valence electrons. The number of amides is 2. The number of rotatable bonds is 3. The van der Waals surface area contributed by atoms with Crippen molar-refractivity contribution in [3.05, 3.63) is 33.3 Å². The lowest BCUT2D eigenvalue weighted by atomic mass is 10.2. The van der Waals surface area contributed by atoms with Crippen molar-refractivity contribution in [1.29, 1.82) is 0 Å². The molecule has 1 unspecified atom stereocenters. The van der Waals surface area contributed by atoms with Gasteiger partial charge in [-0.05, 0) is 34.5 Å². The maximum Gasteiger partial charge on any atom is 0.252 e. The molecule has 0 saturated carbocycles. The molecule has 4 nitrogen and oxygen atoms in total. The van der Waals surface area contributed by atoms with Crippen LogP contribution in [0.2, 0.25) is 5.02 Å². The van der Waals surface area contributed by atoms with E-state index in [1.807, 2.05) is 0 Å². The molecule has 0 radical (unpaired) electrons. The fourth-order valence-corrected chi connectivity index (χ4v) is 2.40. The van der Waals surface area contributed by atoms with Crippen LogP contribution in [-0.2, 0) is 4.79 Å². The Morgan fingerprint density at radius 3 is 3.00 bits per heavy atom. The second kappa shape index (κ2) is 5.71. The number of nitrogens with one attached hydrogen (secondary N) is 2. The fourth-order valence-electron chi connectivity index (χ4n) is 1.82. The smallest absolute Gasteiger partial charge is 0.252 e. The van der Waals surface area contributed by atoms with Crippen molar-refractivity contribution in [2.45, 2.75) is 18.9 Å². The topological polar surface area (TPSA) is 58.2 Å². The normalized spacial score (nSPS) is 18.6. The van der Waals surface area contributed by atoms with Crippen molar-refractivity contribution in [1.82, 2.24) is 10.6 Å². The summed E-state index contributed by atoms with van der Waals surface area (Å²) in [6.45, 7) is 0.424. The van der Waals surface area contributed by atoms with Gasteiger partial charge in [-0.15, -0.1) is 0 Å². The van der Waals surface area contributed by atoms with Crippen LogP contribution < -0.4 is 10.6 Å². The van der Waals surface area contributed by atoms with Crippen LogP contribution in [0.4, 0.5) is 0 Å². The molecule has 2 N–H and O–H groups in total. The van der Waals surface area contributed by atoms with Crippen LogP contribution in [0.25, 0.3) is 0 Å². The highest BCUT2D eigenvalue weighted by Crippen LogP contribution is 2.25. The molecular formula is C12H12BrClN2O2. The van der Waals surface area contributed by atoms with Crippen LogP contribution in [0.15, 0.2) is 22.7 Å². The zero-order chi connectivity index (χ0) is 13.1. The summed E-state index contributed by atoms with van der Waals surface area (Å²) in [6.07, 6.45) is 1.28. The maximum absolute atomic E-state index is 11.9. The van der Waals surface area contributed by atoms with Gasteiger partial charge >= 0.3 is 0 Å². The Kier molecular flexibility index (Phi) is 4.24. The van der Waals surface area contributed by atoms with Crippen molar-refractivity contribution in [3.63, 3.8) is 0 Å². The molecule has 0 aliphatic carbocycles. The molecule has 1 aromatic rings. The summed E-state index contributed by atoms with van der Waals surface area (Å²) in [5.74, 6) is -0.197. The molecule has 0 spiro atoms. The van der Waals surface area contributed by atoms with Gasteiger partial charge < -0.3 is 10.6 Å². The maximum atomic E-state index is 11.9. The minimum Gasteiger partial charge on any atom is -0.352 e. The lowest BCUT2D eigenvalue weighted by molar-refractivity contribution is -0.119. The van der Waals surface area contributed by atoms with E-state index in [-0.39, 0.29) is 17.9 Å². The summed E-state index contributed by atoms with van der Waals surface area (Å²) in [4.78, 5) is 22.9. The Bertz CT molecular complexity index is 493. The minimum absolute atomic E-state index is 0.0207. The predicted octanol–water partition coefficient (Wildman–Crippen LogP) is 2.11. The van der Waals surface area contributed by atoms with E-state index in [1.54, 1.807) is 18.2 Å². The molecule has 2 amide bonds. The first-order chi connectivity index (χ1) is 8.58. The summed E-state index contributed by atoms with van der Waals surface area (Å²) < 4.78 is 0.686. The number of halogens is 2. The van der Waals surface area contributed by atoms with Gasteiger partial charge in [0.1, 0.15) is 0 Å². The van der Waals surface area contributed by atoms with Crippen molar-refractivity contribution in [3.8, 4) is 0 Å². The molecular weight excluding hydrogens is 320 g/mol. The van der Waals surface area contributed by atoms with Gasteiger partial charge in [-0.3, -0.25) is 9.59 Å². The first-order valence-electron chi connectivity index (χ1n) is 5.59. The van der Waals surface area contributed by atoms with E-state index in [0.29, 0.717) is 28.0 Å². The largest absolute Gasteiger partial charge is 0.352 e. The summed E-state index contributed by atoms with van der Waals surface area (Å²) in [5.41, 5.74) is 0.426. The molecule has 0 aromatic heterocycles. The summed E-state index contributed by atoms with van der Waals surface area (Å²) in [5, 5.41) is 5.96. The second-order valence-electron chi connectivity index (χ2n) is 4.11. The molecule has 1 aliphatic heterocycles. The second-order valence-corrected chi connectivity index (χ2v) is 5.35. The first-order valence-corrected chi connectivity index (χ1v) is 6.76. The van der Waals surface area contributed by atoms with E-state index in [4.69, 9.17) is 11.6 Å². The Morgan fingerprint density at radius 1 is 1.56 bits per heavy atom. The van der Waals surface area contributed by atoms with Gasteiger partial charge in [0, 0.05) is 23.5 Å². The molecule has 2 rings (SSSR count). The molecule has 1 fully saturated rings. The highest BCUT2D eigenvalue weighted by molar-refractivity contribution is 9.10. The van der Waals surface area contributed by atoms with Gasteiger partial charge in [0.25, 0.3) is 5.91 Å². The third-order valence-electron chi connectivity index (χ3n) is 2.79. The van der Waals surface area contributed by atoms with E-state index in [2.05, 4.69) is 26.6 Å². The zero-order valence-electron chi connectivity index (χ0n) is 9.50. The van der Waals surface area contributed by atoms with Gasteiger partial charge in [-0.25, -0.2) is 0 Å². The average molecular weight is 332 g/mol. The SMILES string of the molecule is O=C1CCC(CNC(=O)c2cccc(Br)c2Cl)N1. The zero-order valence-corrected chi connectivity index (χ0v) is 11.8. The highest BCUT2D eigenvalue weighted by Gasteiger charge is 2.21. The monoisotopic (exact) mass is 330 g/mol. The summed E-state index contributed by atoms with van der Waals surface area (Å²) in [7, 11) is 0. The van der Waals surface area contributed by atoms with Crippen molar-refractivity contribution < 1.29 is 9.59 Å². The van der Waals surface area contributed by atoms with E-state index < -0.39 is 0 Å². The average Bonchev–Trinajstić information content (AvgIpc) is 2.76. The first kappa shape index (κ1) is 13.4. The standard InChI is InChI=1S/C12H12BrClN2O2/c13-9-3-1-2-8(11(9)14)12(18)15-6-7-4-5-10(17)16-7/h1-3,7H,4-6H2,(H,15,18)(H,16,17). The van der Waals surface area contributed by atoms with Gasteiger partial charge in [-0.2, -0.15) is 0 Å². The molecule has 18 heavy (non-hydrogen) atoms. The summed E-state index contributed by atoms with van der Waals surface area (Å²) in [6, 6.07) is 5.21. The molecule has 1 aromatic carbocycles. The number of hydrogen-bond donors (Lipinski definition) is 2. The molecule has 1 heterocycles. The highest BCUT2D eigenvalue weighted by atomic mass is 79.9. The van der Waals surface area contributed by atoms with E-state index in [1.165, 1.54) is 0 Å². The van der Waals surface area contributed by atoms with Gasteiger partial charge in [0.15, 0.2) is 0 Å². The van der Waals surface area contributed by atoms with Crippen molar-refractivity contribution >= 4 is 39.3 Å². The minimum atomic E-state index is -0.234. The van der Waals surface area contributed by atoms with Crippen LogP contribution in [0.5, 0.6) is 0 Å². The quantitative estimate of drug-likeness (QED) is 0.891. The predicted molar refractivity (Wildman–Crippen MR) is 72.6 cm³/mol. The Balaban J connectivity index is 1.95. The number of carbonyl (C=O) groups is 2. The lowest BCUT2D eigenvalue weighted by Crippen LogP contribution is -2.38. The lowest BCUT2D eigenvalue weighted by Gasteiger charge is -2.12. The van der Waals surface area contributed by atoms with Gasteiger partial charge in [0.2, 0.25) is 5.91 Å². The van der Waals surface area contributed by atoms with Crippen LogP contribution in [-0.4, -0.2) is 24.4 Å². The van der Waals surface area contributed by atoms with Gasteiger partial charge in [-0.1, -0.05) is 17.7 Å². The Labute approximate surface area is 118 Å². The van der Waals surface area contributed by atoms with Crippen molar-refractivity contribution in [2.24, 2.45) is 0 Å². The number of carbonyl (C=O) groups excluding carboxylic acids is 2.